The van der Waals surface area contributed by atoms with Gasteiger partial charge in [-0.15, -0.1) is 0 Å². The van der Waals surface area contributed by atoms with Crippen molar-refractivity contribution in [3.05, 3.63) is 53.6 Å². The van der Waals surface area contributed by atoms with Gasteiger partial charge in [0, 0.05) is 10.7 Å². The molecule has 1 N–H and O–H groups in total. The maximum atomic E-state index is 13.2. The number of nitrogens with zero attached hydrogens (tertiary/aromatic N) is 2. The number of anilines is 2. The van der Waals surface area contributed by atoms with E-state index in [0.717, 1.165) is 0 Å². The van der Waals surface area contributed by atoms with Gasteiger partial charge in [0.2, 0.25) is 5.91 Å². The molecule has 10 heteroatoms. The average Bonchev–Trinajstić information content (AvgIpc) is 2.98. The fourth-order valence-electron chi connectivity index (χ4n) is 3.13. The number of hydrogen-bond acceptors (Lipinski definition) is 6. The van der Waals surface area contributed by atoms with E-state index in [1.807, 2.05) is 0 Å². The van der Waals surface area contributed by atoms with Crippen LogP contribution in [0.3, 0.4) is 0 Å². The van der Waals surface area contributed by atoms with Gasteiger partial charge in [0.05, 0.1) is 26.3 Å². The minimum Gasteiger partial charge on any atom is -0.497 e. The topological polar surface area (TPSA) is 88.2 Å². The lowest BCUT2D eigenvalue weighted by Gasteiger charge is -2.22. The van der Waals surface area contributed by atoms with E-state index in [9.17, 15) is 14.4 Å². The number of halogens is 1. The van der Waals surface area contributed by atoms with E-state index in [1.165, 1.54) is 16.9 Å². The molecule has 1 aliphatic rings. The van der Waals surface area contributed by atoms with E-state index >= 15 is 0 Å². The summed E-state index contributed by atoms with van der Waals surface area (Å²) in [5.74, 6) is -0.769. The fourth-order valence-corrected chi connectivity index (χ4v) is 3.70. The van der Waals surface area contributed by atoms with Crippen molar-refractivity contribution in [2.75, 3.05) is 31.0 Å². The van der Waals surface area contributed by atoms with Crippen molar-refractivity contribution in [1.29, 1.82) is 0 Å². The van der Waals surface area contributed by atoms with Crippen LogP contribution in [0.15, 0.2) is 48.5 Å². The normalized spacial score (nSPS) is 15.8. The van der Waals surface area contributed by atoms with Gasteiger partial charge in [0.15, 0.2) is 5.11 Å². The Bertz CT molecular complexity index is 1010. The first-order valence-corrected chi connectivity index (χ1v) is 10.0. The average molecular weight is 462 g/mol. The monoisotopic (exact) mass is 461 g/mol. The number of hydrogen-bond donors (Lipinski definition) is 1. The van der Waals surface area contributed by atoms with Crippen molar-refractivity contribution < 1.29 is 23.9 Å². The molecule has 0 aliphatic carbocycles. The number of methoxy groups -OCH3 is 2. The summed E-state index contributed by atoms with van der Waals surface area (Å²) < 4.78 is 9.82. The number of carbonyl (C=O) groups excluding carboxylic acids is 3. The zero-order valence-corrected chi connectivity index (χ0v) is 18.4. The summed E-state index contributed by atoms with van der Waals surface area (Å²) in [5, 5.41) is 3.26. The van der Waals surface area contributed by atoms with E-state index in [-0.39, 0.29) is 18.1 Å². The van der Waals surface area contributed by atoms with Crippen LogP contribution in [-0.4, -0.2) is 54.6 Å². The first-order valence-electron chi connectivity index (χ1n) is 9.25. The standard InChI is InChI=1S/C21H20ClN3O5S/c1-29-16-8-6-14(7-9-16)23-18(26)11-17-20(28)25(15-5-3-4-13(22)10-15)21(31)24(17)12-19(27)30-2/h3-10,17H,11-12H2,1-2H3,(H,23,26). The Hall–Kier alpha value is -3.17. The van der Waals surface area contributed by atoms with E-state index < -0.39 is 23.8 Å². The molecule has 0 aromatic heterocycles. The Kier molecular flexibility index (Phi) is 7.09. The van der Waals surface area contributed by atoms with Crippen molar-refractivity contribution in [3.63, 3.8) is 0 Å². The number of ether oxygens (including phenoxy) is 2. The molecule has 1 fully saturated rings. The number of rotatable bonds is 7. The quantitative estimate of drug-likeness (QED) is 0.501. The molecule has 0 spiro atoms. The molecule has 31 heavy (non-hydrogen) atoms. The second-order valence-corrected chi connectivity index (χ2v) is 7.44. The Balaban J connectivity index is 1.82. The molecule has 1 aliphatic heterocycles. The molecule has 1 heterocycles. The summed E-state index contributed by atoms with van der Waals surface area (Å²) in [7, 11) is 2.78. The number of carbonyl (C=O) groups is 3. The lowest BCUT2D eigenvalue weighted by molar-refractivity contribution is -0.141. The van der Waals surface area contributed by atoms with Gasteiger partial charge in [0.1, 0.15) is 18.3 Å². The Morgan fingerprint density at radius 2 is 1.87 bits per heavy atom. The van der Waals surface area contributed by atoms with Crippen LogP contribution in [0.1, 0.15) is 6.42 Å². The fraction of sp³-hybridized carbons (Fsp3) is 0.238. The van der Waals surface area contributed by atoms with Crippen LogP contribution in [0, 0.1) is 0 Å². The van der Waals surface area contributed by atoms with E-state index in [4.69, 9.17) is 33.3 Å². The van der Waals surface area contributed by atoms with Crippen LogP contribution >= 0.6 is 23.8 Å². The van der Waals surface area contributed by atoms with Gasteiger partial charge in [-0.1, -0.05) is 17.7 Å². The van der Waals surface area contributed by atoms with Gasteiger partial charge in [-0.2, -0.15) is 0 Å². The van der Waals surface area contributed by atoms with Crippen molar-refractivity contribution >= 4 is 58.1 Å². The molecular weight excluding hydrogens is 442 g/mol. The highest BCUT2D eigenvalue weighted by atomic mass is 35.5. The number of amides is 2. The smallest absolute Gasteiger partial charge is 0.325 e. The zero-order valence-electron chi connectivity index (χ0n) is 16.8. The molecule has 162 valence electrons. The predicted molar refractivity (Wildman–Crippen MR) is 120 cm³/mol. The van der Waals surface area contributed by atoms with Crippen LogP contribution in [0.2, 0.25) is 5.02 Å². The summed E-state index contributed by atoms with van der Waals surface area (Å²) in [5.41, 5.74) is 1.00. The zero-order chi connectivity index (χ0) is 22.5. The molecule has 2 aromatic carbocycles. The molecule has 2 amide bonds. The highest BCUT2D eigenvalue weighted by Crippen LogP contribution is 2.29. The van der Waals surface area contributed by atoms with Crippen LogP contribution in [0.5, 0.6) is 5.75 Å². The number of esters is 1. The second kappa shape index (κ2) is 9.76. The molecule has 0 saturated carbocycles. The molecule has 1 saturated heterocycles. The Morgan fingerprint density at radius 1 is 1.16 bits per heavy atom. The maximum absolute atomic E-state index is 13.2. The maximum Gasteiger partial charge on any atom is 0.325 e. The van der Waals surface area contributed by atoms with Crippen LogP contribution < -0.4 is 15.0 Å². The summed E-state index contributed by atoms with van der Waals surface area (Å²) in [6, 6.07) is 12.4. The van der Waals surface area contributed by atoms with Gasteiger partial charge in [-0.25, -0.2) is 0 Å². The Labute approximate surface area is 189 Å². The first-order chi connectivity index (χ1) is 14.8. The number of benzene rings is 2. The van der Waals surface area contributed by atoms with Crippen molar-refractivity contribution in [2.45, 2.75) is 12.5 Å². The summed E-state index contributed by atoms with van der Waals surface area (Å²) in [6.07, 6.45) is -0.209. The minimum absolute atomic E-state index is 0.0971. The molecule has 0 bridgehead atoms. The summed E-state index contributed by atoms with van der Waals surface area (Å²) in [4.78, 5) is 40.4. The highest BCUT2D eigenvalue weighted by Gasteiger charge is 2.45. The van der Waals surface area contributed by atoms with Crippen LogP contribution in [0.25, 0.3) is 0 Å². The third-order valence-corrected chi connectivity index (χ3v) is 5.32. The summed E-state index contributed by atoms with van der Waals surface area (Å²) in [6.45, 7) is -0.265. The minimum atomic E-state index is -0.969. The van der Waals surface area contributed by atoms with Gasteiger partial charge in [-0.3, -0.25) is 19.3 Å². The lowest BCUT2D eigenvalue weighted by Crippen LogP contribution is -2.41. The van der Waals surface area contributed by atoms with E-state index in [2.05, 4.69) is 5.32 Å². The highest BCUT2D eigenvalue weighted by molar-refractivity contribution is 7.80. The number of nitrogens with one attached hydrogen (secondary N) is 1. The van der Waals surface area contributed by atoms with Gasteiger partial charge in [0.25, 0.3) is 5.91 Å². The van der Waals surface area contributed by atoms with Crippen LogP contribution in [0.4, 0.5) is 11.4 Å². The summed E-state index contributed by atoms with van der Waals surface area (Å²) >= 11 is 11.5. The SMILES string of the molecule is COC(=O)CN1C(=S)N(c2cccc(Cl)c2)C(=O)C1CC(=O)Nc1ccc(OC)cc1. The number of thiocarbonyl (C=S) groups is 1. The molecule has 1 unspecified atom stereocenters. The molecule has 3 rings (SSSR count). The van der Waals surface area contributed by atoms with E-state index in [1.54, 1.807) is 55.6 Å². The van der Waals surface area contributed by atoms with Crippen molar-refractivity contribution in [2.24, 2.45) is 0 Å². The van der Waals surface area contributed by atoms with E-state index in [0.29, 0.717) is 22.1 Å². The third-order valence-electron chi connectivity index (χ3n) is 4.66. The van der Waals surface area contributed by atoms with Gasteiger partial charge >= 0.3 is 5.97 Å². The molecule has 2 aromatic rings. The van der Waals surface area contributed by atoms with Crippen molar-refractivity contribution in [3.8, 4) is 5.75 Å². The Morgan fingerprint density at radius 3 is 2.48 bits per heavy atom. The predicted octanol–water partition coefficient (Wildman–Crippen LogP) is 2.85. The second-order valence-electron chi connectivity index (χ2n) is 6.64. The van der Waals surface area contributed by atoms with Crippen LogP contribution in [-0.2, 0) is 19.1 Å². The molecule has 1 atom stereocenters. The lowest BCUT2D eigenvalue weighted by atomic mass is 10.1. The van der Waals surface area contributed by atoms with Gasteiger partial charge < -0.3 is 19.7 Å². The van der Waals surface area contributed by atoms with Crippen molar-refractivity contribution in [1.82, 2.24) is 4.90 Å². The third kappa shape index (κ3) is 5.12. The largest absolute Gasteiger partial charge is 0.497 e. The first kappa shape index (κ1) is 22.5. The van der Waals surface area contributed by atoms with Gasteiger partial charge in [-0.05, 0) is 54.7 Å². The molecule has 8 nitrogen and oxygen atoms in total. The molecular formula is C21H20ClN3O5S. The molecule has 0 radical (unpaired) electrons.